The van der Waals surface area contributed by atoms with Gasteiger partial charge in [-0.15, -0.1) is 11.3 Å². The van der Waals surface area contributed by atoms with Gasteiger partial charge in [-0.2, -0.15) is 22.9 Å². The Labute approximate surface area is 277 Å². The summed E-state index contributed by atoms with van der Waals surface area (Å²) in [7, 11) is -5.12. The molecule has 1 fully saturated rings. The number of thiazole rings is 1. The molecule has 3 aromatic rings. The van der Waals surface area contributed by atoms with Gasteiger partial charge in [-0.3, -0.25) is 9.59 Å². The molecule has 1 saturated heterocycles. The van der Waals surface area contributed by atoms with Crippen LogP contribution in [-0.2, 0) is 21.2 Å². The molecule has 1 aromatic carbocycles. The third kappa shape index (κ3) is 7.92. The van der Waals surface area contributed by atoms with E-state index < -0.39 is 111 Å². The first-order valence-electron chi connectivity index (χ1n) is 14.0. The van der Waals surface area contributed by atoms with Crippen LogP contribution in [0.25, 0.3) is 21.3 Å². The molecule has 4 rings (SSSR count). The Hall–Kier alpha value is -3.36. The summed E-state index contributed by atoms with van der Waals surface area (Å²) in [6, 6.07) is -1.06. The highest BCUT2D eigenvalue weighted by molar-refractivity contribution is 7.89. The zero-order valence-electron chi connectivity index (χ0n) is 25.2. The van der Waals surface area contributed by atoms with Crippen molar-refractivity contribution in [2.75, 3.05) is 13.1 Å². The minimum absolute atomic E-state index is 0.150. The number of carbonyl (C=O) groups is 2. The number of piperidine rings is 1. The van der Waals surface area contributed by atoms with Crippen LogP contribution in [0.15, 0.2) is 21.6 Å². The maximum Gasteiger partial charge on any atom is 0.404 e. The molecule has 48 heavy (non-hydrogen) atoms. The van der Waals surface area contributed by atoms with Gasteiger partial charge in [0.1, 0.15) is 16.6 Å². The summed E-state index contributed by atoms with van der Waals surface area (Å²) in [5.41, 5.74) is -3.56. The second kappa shape index (κ2) is 13.5. The van der Waals surface area contributed by atoms with Crippen molar-refractivity contribution in [1.82, 2.24) is 24.7 Å². The Kier molecular flexibility index (Phi) is 10.5. The Balaban J connectivity index is 1.85. The Morgan fingerprint density at radius 2 is 1.79 bits per heavy atom. The largest absolute Gasteiger partial charge is 0.481 e. The highest BCUT2D eigenvalue weighted by Crippen LogP contribution is 2.45. The molecular formula is C27H27ClF7N5O6S2. The van der Waals surface area contributed by atoms with Crippen molar-refractivity contribution in [3.63, 3.8) is 0 Å². The summed E-state index contributed by atoms with van der Waals surface area (Å²) in [5.74, 6) is -5.62. The predicted octanol–water partition coefficient (Wildman–Crippen LogP) is 6.59. The van der Waals surface area contributed by atoms with Gasteiger partial charge in [0.25, 0.3) is 18.3 Å². The first-order valence-corrected chi connectivity index (χ1v) is 16.7. The van der Waals surface area contributed by atoms with Crippen LogP contribution in [0, 0.1) is 5.41 Å². The Morgan fingerprint density at radius 3 is 2.33 bits per heavy atom. The second-order valence-corrected chi connectivity index (χ2v) is 14.5. The lowest BCUT2D eigenvalue weighted by atomic mass is 9.90. The van der Waals surface area contributed by atoms with Crippen molar-refractivity contribution < 1.29 is 58.4 Å². The van der Waals surface area contributed by atoms with Gasteiger partial charge in [0, 0.05) is 43.5 Å². The normalized spacial score (nSPS) is 16.4. The molecule has 0 radical (unpaired) electrons. The fraction of sp³-hybridized carbons (Fsp3) is 0.519. The highest BCUT2D eigenvalue weighted by atomic mass is 35.5. The minimum Gasteiger partial charge on any atom is -0.481 e. The van der Waals surface area contributed by atoms with Gasteiger partial charge >= 0.3 is 12.1 Å². The van der Waals surface area contributed by atoms with Crippen LogP contribution in [0.4, 0.5) is 30.7 Å². The number of nitrogens with zero attached hydrogens (tertiary/aromatic N) is 4. The average Bonchev–Trinajstić information content (AvgIpc) is 3.61. The zero-order chi connectivity index (χ0) is 36.0. The SMILES string of the molecule is CC[C@H](NS(=O)(=O)c1ccc(-c2sc(-c3noc(CC(C)(C)C(=O)O)n3)nc2C(=O)N2CCC(F)(F)CC2)c(C(F)F)c1Cl)C(F)(F)F. The number of nitrogens with one attached hydrogen (secondary N) is 1. The molecule has 2 N–H and O–H groups in total. The van der Waals surface area contributed by atoms with E-state index in [0.717, 1.165) is 17.9 Å². The van der Waals surface area contributed by atoms with Crippen LogP contribution in [0.3, 0.4) is 0 Å². The van der Waals surface area contributed by atoms with Gasteiger partial charge in [-0.25, -0.2) is 31.0 Å². The molecule has 0 bridgehead atoms. The number of carboxylic acids is 1. The molecule has 11 nitrogen and oxygen atoms in total. The Morgan fingerprint density at radius 1 is 1.17 bits per heavy atom. The molecule has 0 spiro atoms. The van der Waals surface area contributed by atoms with Crippen molar-refractivity contribution in [1.29, 1.82) is 0 Å². The molecule has 1 atom stereocenters. The van der Waals surface area contributed by atoms with Crippen molar-refractivity contribution in [3.8, 4) is 21.3 Å². The maximum atomic E-state index is 14.6. The van der Waals surface area contributed by atoms with Crippen LogP contribution >= 0.6 is 22.9 Å². The number of hydrogen-bond acceptors (Lipinski definition) is 9. The number of sulfonamides is 1. The van der Waals surface area contributed by atoms with Crippen LogP contribution in [0.1, 0.15) is 68.4 Å². The first-order chi connectivity index (χ1) is 22.1. The third-order valence-electron chi connectivity index (χ3n) is 7.44. The van der Waals surface area contributed by atoms with Gasteiger partial charge in [-0.1, -0.05) is 29.7 Å². The molecule has 3 heterocycles. The number of likely N-dealkylation sites (tertiary alicyclic amines) is 1. The summed E-state index contributed by atoms with van der Waals surface area (Å²) >= 11 is 6.70. The van der Waals surface area contributed by atoms with Gasteiger partial charge in [0.05, 0.1) is 15.3 Å². The smallest absolute Gasteiger partial charge is 0.404 e. The molecule has 264 valence electrons. The quantitative estimate of drug-likeness (QED) is 0.207. The van der Waals surface area contributed by atoms with E-state index >= 15 is 0 Å². The number of carbonyl (C=O) groups excluding carboxylic acids is 1. The fourth-order valence-electron chi connectivity index (χ4n) is 4.62. The molecule has 2 aromatic heterocycles. The molecular weight excluding hydrogens is 723 g/mol. The lowest BCUT2D eigenvalue weighted by molar-refractivity contribution is -0.151. The lowest BCUT2D eigenvalue weighted by Gasteiger charge is -2.31. The summed E-state index contributed by atoms with van der Waals surface area (Å²) in [5, 5.41) is 11.8. The molecule has 21 heteroatoms. The van der Waals surface area contributed by atoms with Gasteiger partial charge in [0.15, 0.2) is 5.01 Å². The van der Waals surface area contributed by atoms with Crippen LogP contribution < -0.4 is 4.72 Å². The maximum absolute atomic E-state index is 14.6. The number of halogens is 8. The summed E-state index contributed by atoms with van der Waals surface area (Å²) < 4.78 is 129. The van der Waals surface area contributed by atoms with E-state index in [-0.39, 0.29) is 28.0 Å². The number of carboxylic acid groups (broad SMARTS) is 1. The molecule has 0 unspecified atom stereocenters. The third-order valence-corrected chi connectivity index (χ3v) is 10.6. The van der Waals surface area contributed by atoms with Crippen molar-refractivity contribution >= 4 is 44.8 Å². The van der Waals surface area contributed by atoms with Gasteiger partial charge in [-0.05, 0) is 26.3 Å². The summed E-state index contributed by atoms with van der Waals surface area (Å²) in [6.07, 6.45) is -10.9. The van der Waals surface area contributed by atoms with E-state index in [1.165, 1.54) is 18.6 Å². The number of aliphatic carboxylic acids is 1. The summed E-state index contributed by atoms with van der Waals surface area (Å²) in [4.78, 5) is 33.0. The monoisotopic (exact) mass is 749 g/mol. The van der Waals surface area contributed by atoms with Crippen molar-refractivity contribution in [3.05, 3.63) is 34.3 Å². The number of aromatic nitrogens is 3. The van der Waals surface area contributed by atoms with Crippen LogP contribution in [-0.4, -0.2) is 76.7 Å². The van der Waals surface area contributed by atoms with E-state index in [1.807, 2.05) is 0 Å². The first kappa shape index (κ1) is 37.5. The predicted molar refractivity (Wildman–Crippen MR) is 156 cm³/mol. The van der Waals surface area contributed by atoms with Gasteiger partial charge in [0.2, 0.25) is 21.7 Å². The number of alkyl halides is 7. The van der Waals surface area contributed by atoms with E-state index in [0.29, 0.717) is 17.4 Å². The van der Waals surface area contributed by atoms with E-state index in [2.05, 4.69) is 15.1 Å². The average molecular weight is 750 g/mol. The number of amides is 1. The Bertz CT molecular complexity index is 1800. The fourth-order valence-corrected chi connectivity index (χ4v) is 7.59. The molecule has 0 saturated carbocycles. The topological polar surface area (TPSA) is 156 Å². The van der Waals surface area contributed by atoms with Crippen molar-refractivity contribution in [2.45, 2.75) is 75.9 Å². The molecule has 1 aliphatic rings. The zero-order valence-corrected chi connectivity index (χ0v) is 27.6. The highest BCUT2D eigenvalue weighted by Gasteiger charge is 2.42. The minimum atomic E-state index is -5.12. The second-order valence-electron chi connectivity index (χ2n) is 11.5. The lowest BCUT2D eigenvalue weighted by Crippen LogP contribution is -2.44. The molecule has 0 aliphatic carbocycles. The molecule has 1 aliphatic heterocycles. The number of rotatable bonds is 11. The van der Waals surface area contributed by atoms with Crippen molar-refractivity contribution in [2.24, 2.45) is 5.41 Å². The van der Waals surface area contributed by atoms with E-state index in [1.54, 1.807) is 0 Å². The standard InChI is InChI=1S/C27H27ClF7N5O6S2/c1-4-14(27(33,34)35)39-48(44,45)13-6-5-12(16(17(13)28)20(29)30)19-18(23(41)40-9-7-26(31,32)8-10-40)37-22(47-19)21-36-15(46-38-21)11-25(2,3)24(42)43/h5-6,14,20,39H,4,7-11H2,1-3H3,(H,42,43)/t14-/m0/s1. The molecule has 1 amide bonds. The number of benzene rings is 1. The van der Waals surface area contributed by atoms with E-state index in [4.69, 9.17) is 16.1 Å². The van der Waals surface area contributed by atoms with E-state index in [9.17, 15) is 53.8 Å². The van der Waals surface area contributed by atoms with Gasteiger partial charge < -0.3 is 14.5 Å². The number of hydrogen-bond donors (Lipinski definition) is 2. The van der Waals surface area contributed by atoms with Crippen LogP contribution in [0.5, 0.6) is 0 Å². The van der Waals surface area contributed by atoms with Crippen LogP contribution in [0.2, 0.25) is 5.02 Å². The summed E-state index contributed by atoms with van der Waals surface area (Å²) in [6.45, 7) is 3.00.